The zero-order valence-electron chi connectivity index (χ0n) is 8.90. The molecule has 0 aliphatic heterocycles. The van der Waals surface area contributed by atoms with Crippen molar-refractivity contribution in [1.82, 2.24) is 0 Å². The molecule has 90 valence electrons. The molecule has 0 fully saturated rings. The number of hydrogen-bond donors (Lipinski definition) is 1. The van der Waals surface area contributed by atoms with Crippen molar-refractivity contribution in [3.8, 4) is 0 Å². The second-order valence-corrected chi connectivity index (χ2v) is 3.04. The molecule has 1 N–H and O–H groups in total. The van der Waals surface area contributed by atoms with Gasteiger partial charge in [0.25, 0.3) is 5.78 Å². The van der Waals surface area contributed by atoms with E-state index < -0.39 is 34.7 Å². The van der Waals surface area contributed by atoms with E-state index in [2.05, 4.69) is 4.74 Å². The van der Waals surface area contributed by atoms with Crippen molar-refractivity contribution in [3.05, 3.63) is 35.1 Å². The van der Waals surface area contributed by atoms with Gasteiger partial charge in [0.15, 0.2) is 0 Å². The van der Waals surface area contributed by atoms with Crippen molar-refractivity contribution >= 4 is 17.7 Å². The lowest BCUT2D eigenvalue weighted by Gasteiger charge is -2.04. The molecule has 0 aliphatic carbocycles. The van der Waals surface area contributed by atoms with Gasteiger partial charge in [0.05, 0.1) is 12.2 Å². The molecule has 0 radical (unpaired) electrons. The fourth-order valence-electron chi connectivity index (χ4n) is 1.20. The summed E-state index contributed by atoms with van der Waals surface area (Å²) in [5, 5.41) is 8.78. The Morgan fingerprint density at radius 1 is 1.29 bits per heavy atom. The maximum absolute atomic E-state index is 12.8. The van der Waals surface area contributed by atoms with Crippen LogP contribution in [0.1, 0.15) is 27.6 Å². The van der Waals surface area contributed by atoms with E-state index >= 15 is 0 Å². The fraction of sp³-hybridized carbons (Fsp3) is 0.182. The van der Waals surface area contributed by atoms with Gasteiger partial charge in [-0.3, -0.25) is 4.79 Å². The smallest absolute Gasteiger partial charge is 0.379 e. The van der Waals surface area contributed by atoms with E-state index in [4.69, 9.17) is 5.11 Å². The third-order valence-electron chi connectivity index (χ3n) is 1.92. The van der Waals surface area contributed by atoms with E-state index in [1.807, 2.05) is 0 Å². The summed E-state index contributed by atoms with van der Waals surface area (Å²) in [4.78, 5) is 33.4. The highest BCUT2D eigenvalue weighted by molar-refractivity contribution is 6.41. The Hall–Kier alpha value is -2.24. The SMILES string of the molecule is CCOC(=O)C(=O)c1ccc(F)cc1C(=O)O. The minimum absolute atomic E-state index is 0.00578. The second kappa shape index (κ2) is 5.20. The molecule has 1 aromatic carbocycles. The van der Waals surface area contributed by atoms with Crippen molar-refractivity contribution in [3.63, 3.8) is 0 Å². The van der Waals surface area contributed by atoms with Gasteiger partial charge in [0.2, 0.25) is 0 Å². The fourth-order valence-corrected chi connectivity index (χ4v) is 1.20. The van der Waals surface area contributed by atoms with Gasteiger partial charge < -0.3 is 9.84 Å². The van der Waals surface area contributed by atoms with Gasteiger partial charge in [-0.15, -0.1) is 0 Å². The number of aromatic carboxylic acids is 1. The highest BCUT2D eigenvalue weighted by atomic mass is 19.1. The molecule has 0 atom stereocenters. The lowest BCUT2D eigenvalue weighted by atomic mass is 10.0. The van der Waals surface area contributed by atoms with E-state index in [-0.39, 0.29) is 6.61 Å². The first-order valence-electron chi connectivity index (χ1n) is 4.71. The number of carboxylic acids is 1. The van der Waals surface area contributed by atoms with Gasteiger partial charge in [-0.05, 0) is 25.1 Å². The number of benzene rings is 1. The first kappa shape index (κ1) is 12.8. The normalized spacial score (nSPS) is 9.76. The van der Waals surface area contributed by atoms with Crippen LogP contribution in [0.25, 0.3) is 0 Å². The molecular weight excluding hydrogens is 231 g/mol. The number of halogens is 1. The Bertz CT molecular complexity index is 481. The molecule has 6 heteroatoms. The zero-order valence-corrected chi connectivity index (χ0v) is 8.90. The van der Waals surface area contributed by atoms with Crippen LogP contribution in [-0.2, 0) is 9.53 Å². The third kappa shape index (κ3) is 2.87. The van der Waals surface area contributed by atoms with Gasteiger partial charge in [0, 0.05) is 5.56 Å². The third-order valence-corrected chi connectivity index (χ3v) is 1.92. The molecule has 0 unspecified atom stereocenters. The minimum Gasteiger partial charge on any atom is -0.478 e. The largest absolute Gasteiger partial charge is 0.478 e. The summed E-state index contributed by atoms with van der Waals surface area (Å²) >= 11 is 0. The molecular formula is C11H9FO5. The lowest BCUT2D eigenvalue weighted by molar-refractivity contribution is -0.137. The zero-order chi connectivity index (χ0) is 13.0. The van der Waals surface area contributed by atoms with Crippen molar-refractivity contribution in [2.45, 2.75) is 6.92 Å². The van der Waals surface area contributed by atoms with Crippen LogP contribution in [-0.4, -0.2) is 29.4 Å². The van der Waals surface area contributed by atoms with Crippen molar-refractivity contribution in [2.75, 3.05) is 6.61 Å². The Morgan fingerprint density at radius 2 is 1.94 bits per heavy atom. The molecule has 0 saturated heterocycles. The molecule has 1 aromatic rings. The lowest BCUT2D eigenvalue weighted by Crippen LogP contribution is -2.20. The van der Waals surface area contributed by atoms with E-state index in [9.17, 15) is 18.8 Å². The Labute approximate surface area is 95.8 Å². The van der Waals surface area contributed by atoms with Gasteiger partial charge in [-0.1, -0.05) is 0 Å². The van der Waals surface area contributed by atoms with Crippen LogP contribution in [0.3, 0.4) is 0 Å². The molecule has 0 aliphatic rings. The van der Waals surface area contributed by atoms with Gasteiger partial charge in [-0.2, -0.15) is 0 Å². The van der Waals surface area contributed by atoms with Crippen molar-refractivity contribution in [2.24, 2.45) is 0 Å². The average molecular weight is 240 g/mol. The molecule has 0 amide bonds. The van der Waals surface area contributed by atoms with E-state index in [1.54, 1.807) is 0 Å². The topological polar surface area (TPSA) is 80.7 Å². The maximum Gasteiger partial charge on any atom is 0.379 e. The van der Waals surface area contributed by atoms with E-state index in [1.165, 1.54) is 6.92 Å². The summed E-state index contributed by atoms with van der Waals surface area (Å²) < 4.78 is 17.3. The van der Waals surface area contributed by atoms with Crippen molar-refractivity contribution < 1.29 is 28.6 Å². The molecule has 1 rings (SSSR count). The number of carbonyl (C=O) groups excluding carboxylic acids is 2. The number of carbonyl (C=O) groups is 3. The number of rotatable bonds is 4. The standard InChI is InChI=1S/C11H9FO5/c1-2-17-11(16)9(13)7-4-3-6(12)5-8(7)10(14)15/h3-5H,2H2,1H3,(H,14,15). The van der Waals surface area contributed by atoms with E-state index in [0.29, 0.717) is 6.07 Å². The monoisotopic (exact) mass is 240 g/mol. The molecule has 17 heavy (non-hydrogen) atoms. The number of Topliss-reactive ketones (excluding diaryl/α,β-unsaturated/α-hetero) is 1. The second-order valence-electron chi connectivity index (χ2n) is 3.04. The molecule has 0 spiro atoms. The highest BCUT2D eigenvalue weighted by Gasteiger charge is 2.23. The maximum atomic E-state index is 12.8. The number of ether oxygens (including phenoxy) is 1. The van der Waals surface area contributed by atoms with Crippen LogP contribution in [0, 0.1) is 5.82 Å². The number of hydrogen-bond acceptors (Lipinski definition) is 4. The molecule has 0 saturated carbocycles. The average Bonchev–Trinajstić information content (AvgIpc) is 2.28. The number of esters is 1. The Kier molecular flexibility index (Phi) is 3.92. The summed E-state index contributed by atoms with van der Waals surface area (Å²) in [6.07, 6.45) is 0. The molecule has 5 nitrogen and oxygen atoms in total. The van der Waals surface area contributed by atoms with E-state index in [0.717, 1.165) is 12.1 Å². The Morgan fingerprint density at radius 3 is 2.47 bits per heavy atom. The number of ketones is 1. The van der Waals surface area contributed by atoms with Crippen LogP contribution in [0.2, 0.25) is 0 Å². The molecule has 0 bridgehead atoms. The summed E-state index contributed by atoms with van der Waals surface area (Å²) in [5.74, 6) is -4.56. The van der Waals surface area contributed by atoms with Crippen LogP contribution < -0.4 is 0 Å². The van der Waals surface area contributed by atoms with Crippen LogP contribution >= 0.6 is 0 Å². The first-order valence-corrected chi connectivity index (χ1v) is 4.71. The van der Waals surface area contributed by atoms with Crippen LogP contribution in [0.15, 0.2) is 18.2 Å². The van der Waals surface area contributed by atoms with Crippen LogP contribution in [0.5, 0.6) is 0 Å². The molecule has 0 heterocycles. The summed E-state index contributed by atoms with van der Waals surface area (Å²) in [5.41, 5.74) is -0.958. The minimum atomic E-state index is -1.49. The molecule has 0 aromatic heterocycles. The quantitative estimate of drug-likeness (QED) is 0.487. The predicted molar refractivity (Wildman–Crippen MR) is 54.3 cm³/mol. The van der Waals surface area contributed by atoms with Gasteiger partial charge in [-0.25, -0.2) is 14.0 Å². The summed E-state index contributed by atoms with van der Waals surface area (Å²) in [6.45, 7) is 1.50. The van der Waals surface area contributed by atoms with Gasteiger partial charge in [0.1, 0.15) is 5.82 Å². The predicted octanol–water partition coefficient (Wildman–Crippen LogP) is 1.27. The Balaban J connectivity index is 3.17. The highest BCUT2D eigenvalue weighted by Crippen LogP contribution is 2.13. The number of carboxylic acid groups (broad SMARTS) is 1. The summed E-state index contributed by atoms with van der Waals surface area (Å²) in [7, 11) is 0. The van der Waals surface area contributed by atoms with Gasteiger partial charge >= 0.3 is 11.9 Å². The van der Waals surface area contributed by atoms with Crippen molar-refractivity contribution in [1.29, 1.82) is 0 Å². The summed E-state index contributed by atoms with van der Waals surface area (Å²) in [6, 6.07) is 2.52. The first-order chi connectivity index (χ1) is 7.97. The van der Waals surface area contributed by atoms with Crippen LogP contribution in [0.4, 0.5) is 4.39 Å².